The number of ketones is 1. The number of hydrogen-bond acceptors (Lipinski definition) is 4. The van der Waals surface area contributed by atoms with Crippen LogP contribution in [0, 0.1) is 13.8 Å². The van der Waals surface area contributed by atoms with Crippen LogP contribution in [0.3, 0.4) is 0 Å². The highest BCUT2D eigenvalue weighted by atomic mass is 16.5. The molecule has 1 saturated carbocycles. The van der Waals surface area contributed by atoms with Crippen LogP contribution in [0.25, 0.3) is 6.08 Å². The summed E-state index contributed by atoms with van der Waals surface area (Å²) in [5, 5.41) is 0. The highest BCUT2D eigenvalue weighted by molar-refractivity contribution is 6.15. The third-order valence-electron chi connectivity index (χ3n) is 5.39. The number of rotatable bonds is 2. The molecule has 3 aliphatic rings. The molecule has 2 heterocycles. The lowest BCUT2D eigenvalue weighted by molar-refractivity contribution is 0.0867. The minimum Gasteiger partial charge on any atom is -0.478 e. The van der Waals surface area contributed by atoms with E-state index in [-0.39, 0.29) is 5.78 Å². The van der Waals surface area contributed by atoms with Crippen molar-refractivity contribution in [1.29, 1.82) is 0 Å². The number of carbonyl (C=O) groups excluding carboxylic acids is 1. The summed E-state index contributed by atoms with van der Waals surface area (Å²) in [4.78, 5) is 15.3. The Kier molecular flexibility index (Phi) is 3.44. The van der Waals surface area contributed by atoms with Crippen LogP contribution in [0.2, 0.25) is 0 Å². The van der Waals surface area contributed by atoms with E-state index in [4.69, 9.17) is 9.47 Å². The first kappa shape index (κ1) is 15.6. The predicted octanol–water partition coefficient (Wildman–Crippen LogP) is 4.23. The highest BCUT2D eigenvalue weighted by Gasteiger charge is 2.38. The van der Waals surface area contributed by atoms with Gasteiger partial charge in [0, 0.05) is 12.6 Å². The van der Waals surface area contributed by atoms with Crippen molar-refractivity contribution in [2.24, 2.45) is 0 Å². The van der Waals surface area contributed by atoms with Gasteiger partial charge in [-0.25, -0.2) is 0 Å². The average molecular weight is 347 g/mol. The number of hydrogen-bond donors (Lipinski definition) is 0. The Morgan fingerprint density at radius 2 is 1.92 bits per heavy atom. The van der Waals surface area contributed by atoms with Crippen molar-refractivity contribution in [2.45, 2.75) is 39.3 Å². The summed E-state index contributed by atoms with van der Waals surface area (Å²) < 4.78 is 12.0. The second kappa shape index (κ2) is 5.71. The van der Waals surface area contributed by atoms with Gasteiger partial charge >= 0.3 is 0 Å². The Hall–Kier alpha value is -2.59. The molecule has 0 aromatic heterocycles. The van der Waals surface area contributed by atoms with E-state index in [2.05, 4.69) is 4.90 Å². The summed E-state index contributed by atoms with van der Waals surface area (Å²) in [5.74, 6) is 1.89. The van der Waals surface area contributed by atoms with Crippen molar-refractivity contribution < 1.29 is 14.3 Å². The smallest absolute Gasteiger partial charge is 0.232 e. The summed E-state index contributed by atoms with van der Waals surface area (Å²) in [6.07, 6.45) is 4.28. The van der Waals surface area contributed by atoms with Crippen molar-refractivity contribution >= 4 is 11.9 Å². The monoisotopic (exact) mass is 347 g/mol. The molecule has 1 aliphatic carbocycles. The number of carbonyl (C=O) groups is 1. The van der Waals surface area contributed by atoms with Gasteiger partial charge in [-0.3, -0.25) is 9.69 Å². The van der Waals surface area contributed by atoms with Gasteiger partial charge in [-0.1, -0.05) is 29.8 Å². The summed E-state index contributed by atoms with van der Waals surface area (Å²) in [7, 11) is 0. The number of fused-ring (bicyclic) bond motifs is 3. The SMILES string of the molecule is Cc1ccc(/C=C2\Oc3c4c(cc(C)c3C2=O)OCN(C2CC2)C4)cc1. The molecule has 4 nitrogen and oxygen atoms in total. The van der Waals surface area contributed by atoms with Gasteiger partial charge in [-0.2, -0.15) is 0 Å². The average Bonchev–Trinajstić information content (AvgIpc) is 3.42. The van der Waals surface area contributed by atoms with Crippen molar-refractivity contribution in [2.75, 3.05) is 6.73 Å². The zero-order chi connectivity index (χ0) is 17.8. The fourth-order valence-corrected chi connectivity index (χ4v) is 3.74. The topological polar surface area (TPSA) is 38.8 Å². The van der Waals surface area contributed by atoms with Crippen molar-refractivity contribution in [1.82, 2.24) is 4.90 Å². The Balaban J connectivity index is 1.54. The molecule has 0 N–H and O–H groups in total. The molecule has 2 aliphatic heterocycles. The van der Waals surface area contributed by atoms with Crippen LogP contribution in [0.5, 0.6) is 11.5 Å². The van der Waals surface area contributed by atoms with Crippen LogP contribution in [0.15, 0.2) is 36.1 Å². The van der Waals surface area contributed by atoms with Gasteiger partial charge in [0.2, 0.25) is 5.78 Å². The van der Waals surface area contributed by atoms with Gasteiger partial charge < -0.3 is 9.47 Å². The molecule has 0 spiro atoms. The van der Waals surface area contributed by atoms with Crippen LogP contribution in [0.4, 0.5) is 0 Å². The molecule has 1 fully saturated rings. The number of benzene rings is 2. The molecule has 4 heteroatoms. The Bertz CT molecular complexity index is 939. The number of Topliss-reactive ketones (excluding diaryl/α,β-unsaturated/α-hetero) is 1. The zero-order valence-corrected chi connectivity index (χ0v) is 15.0. The first-order valence-corrected chi connectivity index (χ1v) is 9.14. The lowest BCUT2D eigenvalue weighted by Gasteiger charge is -2.30. The van der Waals surface area contributed by atoms with Gasteiger partial charge in [0.15, 0.2) is 5.76 Å². The second-order valence-corrected chi connectivity index (χ2v) is 7.48. The standard InChI is InChI=1S/C22H21NO3/c1-13-3-5-15(6-4-13)10-19-21(24)20-14(2)9-18-17(22(20)26-19)11-23(12-25-18)16-7-8-16/h3-6,9-10,16H,7-8,11-12H2,1-2H3/b19-10-. The lowest BCUT2D eigenvalue weighted by Crippen LogP contribution is -2.34. The molecular formula is C22H21NO3. The fourth-order valence-electron chi connectivity index (χ4n) is 3.74. The molecule has 26 heavy (non-hydrogen) atoms. The number of allylic oxidation sites excluding steroid dienone is 1. The van der Waals surface area contributed by atoms with E-state index >= 15 is 0 Å². The van der Waals surface area contributed by atoms with Crippen LogP contribution in [0.1, 0.15) is 45.5 Å². The van der Waals surface area contributed by atoms with E-state index in [1.807, 2.05) is 50.3 Å². The van der Waals surface area contributed by atoms with E-state index in [9.17, 15) is 4.79 Å². The quantitative estimate of drug-likeness (QED) is 0.762. The van der Waals surface area contributed by atoms with E-state index in [0.717, 1.165) is 29.0 Å². The molecule has 2 aromatic carbocycles. The maximum Gasteiger partial charge on any atom is 0.232 e. The fraction of sp³-hybridized carbons (Fsp3) is 0.318. The number of ether oxygens (including phenoxy) is 2. The van der Waals surface area contributed by atoms with Crippen LogP contribution in [-0.4, -0.2) is 23.5 Å². The molecular weight excluding hydrogens is 326 g/mol. The first-order chi connectivity index (χ1) is 12.6. The normalized spacial score (nSPS) is 20.5. The second-order valence-electron chi connectivity index (χ2n) is 7.48. The van der Waals surface area contributed by atoms with Crippen LogP contribution >= 0.6 is 0 Å². The highest BCUT2D eigenvalue weighted by Crippen LogP contribution is 2.45. The van der Waals surface area contributed by atoms with E-state index < -0.39 is 0 Å². The molecule has 132 valence electrons. The number of aryl methyl sites for hydroxylation is 2. The van der Waals surface area contributed by atoms with Crippen LogP contribution < -0.4 is 9.47 Å². The minimum atomic E-state index is -0.0376. The Morgan fingerprint density at radius 3 is 2.65 bits per heavy atom. The van der Waals surface area contributed by atoms with Gasteiger partial charge in [0.1, 0.15) is 18.2 Å². The van der Waals surface area contributed by atoms with Crippen LogP contribution in [-0.2, 0) is 6.54 Å². The molecule has 0 radical (unpaired) electrons. The summed E-state index contributed by atoms with van der Waals surface area (Å²) >= 11 is 0. The molecule has 0 amide bonds. The predicted molar refractivity (Wildman–Crippen MR) is 99.4 cm³/mol. The van der Waals surface area contributed by atoms with Crippen molar-refractivity contribution in [3.8, 4) is 11.5 Å². The van der Waals surface area contributed by atoms with Crippen molar-refractivity contribution in [3.05, 3.63) is 63.9 Å². The number of nitrogens with zero attached hydrogens (tertiary/aromatic N) is 1. The molecule has 5 rings (SSSR count). The summed E-state index contributed by atoms with van der Waals surface area (Å²) in [6, 6.07) is 10.7. The Labute approximate surface area is 153 Å². The molecule has 0 saturated heterocycles. The van der Waals surface area contributed by atoms with Crippen molar-refractivity contribution in [3.63, 3.8) is 0 Å². The van der Waals surface area contributed by atoms with E-state index in [1.165, 1.54) is 18.4 Å². The molecule has 0 unspecified atom stereocenters. The lowest BCUT2D eigenvalue weighted by atomic mass is 9.98. The van der Waals surface area contributed by atoms with E-state index in [1.54, 1.807) is 0 Å². The maximum atomic E-state index is 13.0. The molecule has 0 atom stereocenters. The van der Waals surface area contributed by atoms with Gasteiger partial charge in [0.05, 0.1) is 11.1 Å². The van der Waals surface area contributed by atoms with Gasteiger partial charge in [0.25, 0.3) is 0 Å². The van der Waals surface area contributed by atoms with E-state index in [0.29, 0.717) is 29.8 Å². The first-order valence-electron chi connectivity index (χ1n) is 9.14. The maximum absolute atomic E-state index is 13.0. The largest absolute Gasteiger partial charge is 0.478 e. The molecule has 2 aromatic rings. The van der Waals surface area contributed by atoms with Gasteiger partial charge in [-0.05, 0) is 50.0 Å². The zero-order valence-electron chi connectivity index (χ0n) is 15.0. The summed E-state index contributed by atoms with van der Waals surface area (Å²) in [5.41, 5.74) is 4.76. The summed E-state index contributed by atoms with van der Waals surface area (Å²) in [6.45, 7) is 5.40. The minimum absolute atomic E-state index is 0.0376. The third kappa shape index (κ3) is 2.53. The van der Waals surface area contributed by atoms with Gasteiger partial charge in [-0.15, -0.1) is 0 Å². The molecule has 0 bridgehead atoms. The Morgan fingerprint density at radius 1 is 1.15 bits per heavy atom. The third-order valence-corrected chi connectivity index (χ3v) is 5.39.